The number of hydrogen-bond donors (Lipinski definition) is 0. The van der Waals surface area contributed by atoms with Crippen LogP contribution in [0.15, 0.2) is 115 Å². The van der Waals surface area contributed by atoms with E-state index < -0.39 is 0 Å². The maximum Gasteiger partial charge on any atom is 0.0708 e. The maximum atomic E-state index is 4.63. The molecule has 0 aliphatic heterocycles. The zero-order valence-corrected chi connectivity index (χ0v) is 16.4. The van der Waals surface area contributed by atoms with Crippen LogP contribution >= 0.6 is 0 Å². The van der Waals surface area contributed by atoms with Gasteiger partial charge in [0.1, 0.15) is 0 Å². The van der Waals surface area contributed by atoms with E-state index in [1.807, 2.05) is 18.3 Å². The molecule has 0 bridgehead atoms. The van der Waals surface area contributed by atoms with Crippen LogP contribution in [0.1, 0.15) is 0 Å². The first kappa shape index (κ1) is 16.9. The van der Waals surface area contributed by atoms with Crippen molar-refractivity contribution in [3.05, 3.63) is 115 Å². The number of benzene rings is 5. The van der Waals surface area contributed by atoms with Gasteiger partial charge in [-0.25, -0.2) is 0 Å². The molecule has 0 N–H and O–H groups in total. The van der Waals surface area contributed by atoms with E-state index in [0.717, 1.165) is 11.3 Å². The van der Waals surface area contributed by atoms with Crippen LogP contribution in [0.25, 0.3) is 54.7 Å². The van der Waals surface area contributed by atoms with E-state index in [-0.39, 0.29) is 0 Å². The highest BCUT2D eigenvalue weighted by Crippen LogP contribution is 2.42. The summed E-state index contributed by atoms with van der Waals surface area (Å²) in [4.78, 5) is 4.63. The van der Waals surface area contributed by atoms with Crippen LogP contribution in [0.4, 0.5) is 0 Å². The van der Waals surface area contributed by atoms with Gasteiger partial charge in [-0.1, -0.05) is 97.1 Å². The van der Waals surface area contributed by atoms with E-state index in [1.54, 1.807) is 0 Å². The first-order valence-electron chi connectivity index (χ1n) is 10.2. The van der Waals surface area contributed by atoms with Crippen molar-refractivity contribution in [1.82, 2.24) is 4.98 Å². The molecule has 30 heavy (non-hydrogen) atoms. The molecule has 5 aromatic carbocycles. The lowest BCUT2D eigenvalue weighted by Crippen LogP contribution is -1.90. The van der Waals surface area contributed by atoms with E-state index in [0.29, 0.717) is 0 Å². The molecular formula is C29H19N. The van der Waals surface area contributed by atoms with E-state index in [2.05, 4.69) is 102 Å². The Hall–Kier alpha value is -3.97. The quantitative estimate of drug-likeness (QED) is 0.278. The van der Waals surface area contributed by atoms with Crippen molar-refractivity contribution in [3.8, 4) is 22.4 Å². The molecule has 1 heterocycles. The van der Waals surface area contributed by atoms with Gasteiger partial charge in [0, 0.05) is 11.8 Å². The van der Waals surface area contributed by atoms with Gasteiger partial charge in [0.05, 0.1) is 5.69 Å². The zero-order valence-electron chi connectivity index (χ0n) is 16.4. The molecule has 6 rings (SSSR count). The molecule has 0 amide bonds. The van der Waals surface area contributed by atoms with E-state index in [1.165, 1.54) is 43.4 Å². The third kappa shape index (κ3) is 2.53. The minimum absolute atomic E-state index is 0.996. The van der Waals surface area contributed by atoms with E-state index >= 15 is 0 Å². The van der Waals surface area contributed by atoms with Gasteiger partial charge in [-0.15, -0.1) is 0 Å². The number of rotatable bonds is 2. The highest BCUT2D eigenvalue weighted by molar-refractivity contribution is 6.28. The van der Waals surface area contributed by atoms with Gasteiger partial charge < -0.3 is 0 Å². The van der Waals surface area contributed by atoms with Crippen molar-refractivity contribution < 1.29 is 0 Å². The Kier molecular flexibility index (Phi) is 3.85. The average molecular weight is 381 g/mol. The first-order valence-corrected chi connectivity index (χ1v) is 10.2. The highest BCUT2D eigenvalue weighted by atomic mass is 14.7. The van der Waals surface area contributed by atoms with Gasteiger partial charge in [0.15, 0.2) is 0 Å². The highest BCUT2D eigenvalue weighted by Gasteiger charge is 2.15. The molecule has 0 spiro atoms. The molecule has 1 nitrogen and oxygen atoms in total. The average Bonchev–Trinajstić information content (AvgIpc) is 2.84. The summed E-state index contributed by atoms with van der Waals surface area (Å²) in [7, 11) is 0. The number of fused-ring (bicyclic) bond motifs is 6. The van der Waals surface area contributed by atoms with Gasteiger partial charge in [-0.05, 0) is 55.6 Å². The van der Waals surface area contributed by atoms with Gasteiger partial charge in [0.2, 0.25) is 0 Å². The lowest BCUT2D eigenvalue weighted by atomic mass is 9.88. The summed E-state index contributed by atoms with van der Waals surface area (Å²) < 4.78 is 0. The second-order valence-electron chi connectivity index (χ2n) is 7.58. The monoisotopic (exact) mass is 381 g/mol. The Morgan fingerprint density at radius 1 is 0.367 bits per heavy atom. The summed E-state index contributed by atoms with van der Waals surface area (Å²) in [5.74, 6) is 0. The molecule has 0 aliphatic carbocycles. The number of aromatic nitrogens is 1. The lowest BCUT2D eigenvalue weighted by molar-refractivity contribution is 1.33. The largest absolute Gasteiger partial charge is 0.256 e. The lowest BCUT2D eigenvalue weighted by Gasteiger charge is -2.16. The van der Waals surface area contributed by atoms with Crippen molar-refractivity contribution in [2.45, 2.75) is 0 Å². The molecule has 1 heteroatoms. The van der Waals surface area contributed by atoms with Crippen LogP contribution in [-0.4, -0.2) is 4.98 Å². The molecule has 6 aromatic rings. The number of hydrogen-bond acceptors (Lipinski definition) is 1. The SMILES string of the molecule is c1ccc(-c2ccccc2-c2cccc3c4ccccc4c4ccccc4c23)nc1. The third-order valence-electron chi connectivity index (χ3n) is 5.93. The molecule has 140 valence electrons. The topological polar surface area (TPSA) is 12.9 Å². The van der Waals surface area contributed by atoms with Crippen LogP contribution in [0.5, 0.6) is 0 Å². The van der Waals surface area contributed by atoms with Crippen LogP contribution < -0.4 is 0 Å². The second-order valence-corrected chi connectivity index (χ2v) is 7.58. The van der Waals surface area contributed by atoms with Crippen molar-refractivity contribution in [2.75, 3.05) is 0 Å². The minimum atomic E-state index is 0.996. The summed E-state index contributed by atoms with van der Waals surface area (Å²) in [5.41, 5.74) is 4.61. The predicted octanol–water partition coefficient (Wildman–Crippen LogP) is 7.88. The fraction of sp³-hybridized carbons (Fsp3) is 0. The molecule has 1 aromatic heterocycles. The normalized spacial score (nSPS) is 11.3. The summed E-state index contributed by atoms with van der Waals surface area (Å²) in [6, 6.07) is 38.8. The molecule has 0 atom stereocenters. The fourth-order valence-electron chi connectivity index (χ4n) is 4.64. The Bertz CT molecular complexity index is 1490. The predicted molar refractivity (Wildman–Crippen MR) is 128 cm³/mol. The maximum absolute atomic E-state index is 4.63. The minimum Gasteiger partial charge on any atom is -0.256 e. The van der Waals surface area contributed by atoms with Crippen LogP contribution in [0.3, 0.4) is 0 Å². The Morgan fingerprint density at radius 2 is 0.867 bits per heavy atom. The van der Waals surface area contributed by atoms with Gasteiger partial charge in [-0.2, -0.15) is 0 Å². The van der Waals surface area contributed by atoms with Crippen LogP contribution in [0.2, 0.25) is 0 Å². The van der Waals surface area contributed by atoms with Crippen molar-refractivity contribution in [1.29, 1.82) is 0 Å². The second kappa shape index (κ2) is 6.82. The van der Waals surface area contributed by atoms with Crippen molar-refractivity contribution in [2.24, 2.45) is 0 Å². The fourth-order valence-corrected chi connectivity index (χ4v) is 4.64. The number of pyridine rings is 1. The first-order chi connectivity index (χ1) is 14.9. The molecule has 0 saturated carbocycles. The smallest absolute Gasteiger partial charge is 0.0708 e. The van der Waals surface area contributed by atoms with Crippen LogP contribution in [0, 0.1) is 0 Å². The summed E-state index contributed by atoms with van der Waals surface area (Å²) in [6.45, 7) is 0. The van der Waals surface area contributed by atoms with Gasteiger partial charge in [-0.3, -0.25) is 4.98 Å². The Morgan fingerprint density at radius 3 is 1.53 bits per heavy atom. The molecule has 0 unspecified atom stereocenters. The Labute approximate surface area is 175 Å². The standard InChI is InChI=1S/C29H19N/c1-2-11-22-20(10-1)21-12-4-6-15-25(21)29-26(22)16-9-17-27(29)23-13-3-5-14-24(23)28-18-7-8-19-30-28/h1-19H. The summed E-state index contributed by atoms with van der Waals surface area (Å²) in [6.07, 6.45) is 1.86. The molecular weight excluding hydrogens is 362 g/mol. The van der Waals surface area contributed by atoms with E-state index in [4.69, 9.17) is 0 Å². The third-order valence-corrected chi connectivity index (χ3v) is 5.93. The van der Waals surface area contributed by atoms with Crippen molar-refractivity contribution in [3.63, 3.8) is 0 Å². The van der Waals surface area contributed by atoms with Crippen LogP contribution in [-0.2, 0) is 0 Å². The van der Waals surface area contributed by atoms with Gasteiger partial charge in [0.25, 0.3) is 0 Å². The number of nitrogens with zero attached hydrogens (tertiary/aromatic N) is 1. The zero-order chi connectivity index (χ0) is 19.9. The molecule has 0 aliphatic rings. The Balaban J connectivity index is 1.80. The molecule has 0 radical (unpaired) electrons. The summed E-state index contributed by atoms with van der Waals surface area (Å²) >= 11 is 0. The summed E-state index contributed by atoms with van der Waals surface area (Å²) in [5, 5.41) is 7.77. The molecule has 0 saturated heterocycles. The van der Waals surface area contributed by atoms with Gasteiger partial charge >= 0.3 is 0 Å². The van der Waals surface area contributed by atoms with E-state index in [9.17, 15) is 0 Å². The molecule has 0 fully saturated rings. The van der Waals surface area contributed by atoms with Crippen molar-refractivity contribution >= 4 is 32.3 Å².